The molecule has 0 spiro atoms. The maximum Gasteiger partial charge on any atom is 0.417 e. The molecule has 1 aliphatic heterocycles. The molecule has 2 amide bonds. The van der Waals surface area contributed by atoms with E-state index in [0.717, 1.165) is 4.90 Å². The molecule has 13 heavy (non-hydrogen) atoms. The summed E-state index contributed by atoms with van der Waals surface area (Å²) in [4.78, 5) is 32.9. The van der Waals surface area contributed by atoms with Gasteiger partial charge in [-0.15, -0.1) is 0 Å². The molecular formula is C7H9NO5. The fourth-order valence-corrected chi connectivity index (χ4v) is 0.878. The van der Waals surface area contributed by atoms with Gasteiger partial charge in [0.25, 0.3) is 5.91 Å². The van der Waals surface area contributed by atoms with E-state index in [9.17, 15) is 14.4 Å². The number of ether oxygens (including phenoxy) is 2. The van der Waals surface area contributed by atoms with Crippen molar-refractivity contribution in [2.75, 3.05) is 19.8 Å². The van der Waals surface area contributed by atoms with Gasteiger partial charge in [0.15, 0.2) is 6.61 Å². The lowest BCUT2D eigenvalue weighted by molar-refractivity contribution is -0.142. The summed E-state index contributed by atoms with van der Waals surface area (Å²) >= 11 is 0. The van der Waals surface area contributed by atoms with E-state index < -0.39 is 18.0 Å². The highest BCUT2D eigenvalue weighted by atomic mass is 16.6. The topological polar surface area (TPSA) is 72.9 Å². The minimum atomic E-state index is -0.683. The highest BCUT2D eigenvalue weighted by Crippen LogP contribution is 2.03. The molecule has 0 radical (unpaired) electrons. The number of carbonyl (C=O) groups is 3. The fourth-order valence-electron chi connectivity index (χ4n) is 0.878. The zero-order valence-electron chi connectivity index (χ0n) is 7.11. The number of hydrogen-bond donors (Lipinski definition) is 0. The van der Waals surface area contributed by atoms with Gasteiger partial charge in [0, 0.05) is 6.92 Å². The lowest BCUT2D eigenvalue weighted by atomic mass is 10.5. The van der Waals surface area contributed by atoms with Crippen LogP contribution in [0.4, 0.5) is 4.79 Å². The second-order valence-corrected chi connectivity index (χ2v) is 2.44. The largest absolute Gasteiger partial charge is 0.464 e. The van der Waals surface area contributed by atoms with Crippen LogP contribution < -0.4 is 0 Å². The van der Waals surface area contributed by atoms with E-state index in [0.29, 0.717) is 0 Å². The molecule has 1 saturated heterocycles. The third-order valence-corrected chi connectivity index (χ3v) is 1.46. The molecule has 1 rings (SSSR count). The van der Waals surface area contributed by atoms with Crippen molar-refractivity contribution in [1.29, 1.82) is 0 Å². The van der Waals surface area contributed by atoms with Crippen molar-refractivity contribution < 1.29 is 23.9 Å². The molecule has 1 aliphatic rings. The zero-order valence-corrected chi connectivity index (χ0v) is 7.11. The fraction of sp³-hybridized carbons (Fsp3) is 0.571. The number of nitrogens with zero attached hydrogens (tertiary/aromatic N) is 1. The summed E-state index contributed by atoms with van der Waals surface area (Å²) in [7, 11) is 0. The van der Waals surface area contributed by atoms with Gasteiger partial charge in [0.2, 0.25) is 0 Å². The Morgan fingerprint density at radius 3 is 2.77 bits per heavy atom. The van der Waals surface area contributed by atoms with Crippen LogP contribution in [0.25, 0.3) is 0 Å². The van der Waals surface area contributed by atoms with E-state index in [1.165, 1.54) is 6.92 Å². The van der Waals surface area contributed by atoms with E-state index in [4.69, 9.17) is 0 Å². The normalized spacial score (nSPS) is 15.9. The molecule has 0 aromatic heterocycles. The monoisotopic (exact) mass is 187 g/mol. The van der Waals surface area contributed by atoms with E-state index in [1.54, 1.807) is 0 Å². The lowest BCUT2D eigenvalue weighted by Gasteiger charge is -2.09. The molecule has 1 fully saturated rings. The average molecular weight is 187 g/mol. The first-order chi connectivity index (χ1) is 6.11. The summed E-state index contributed by atoms with van der Waals surface area (Å²) in [5, 5.41) is 0. The summed E-state index contributed by atoms with van der Waals surface area (Å²) in [6.45, 7) is 1.09. The summed E-state index contributed by atoms with van der Waals surface area (Å²) in [5.41, 5.74) is 0. The van der Waals surface area contributed by atoms with Gasteiger partial charge in [0.05, 0.1) is 6.54 Å². The summed E-state index contributed by atoms with van der Waals surface area (Å²) < 4.78 is 8.99. The Morgan fingerprint density at radius 1 is 1.62 bits per heavy atom. The highest BCUT2D eigenvalue weighted by Gasteiger charge is 2.30. The van der Waals surface area contributed by atoms with Crippen LogP contribution in [-0.4, -0.2) is 42.6 Å². The number of carbonyl (C=O) groups excluding carboxylic acids is 3. The number of imide groups is 1. The maximum absolute atomic E-state index is 10.9. The summed E-state index contributed by atoms with van der Waals surface area (Å²) in [6.07, 6.45) is -0.683. The van der Waals surface area contributed by atoms with Crippen molar-refractivity contribution in [1.82, 2.24) is 4.90 Å². The van der Waals surface area contributed by atoms with Crippen molar-refractivity contribution in [3.63, 3.8) is 0 Å². The van der Waals surface area contributed by atoms with E-state index in [-0.39, 0.29) is 19.8 Å². The Balaban J connectivity index is 2.31. The summed E-state index contributed by atoms with van der Waals surface area (Å²) in [5.74, 6) is -0.850. The maximum atomic E-state index is 10.9. The van der Waals surface area contributed by atoms with Gasteiger partial charge in [-0.05, 0) is 0 Å². The van der Waals surface area contributed by atoms with Crippen LogP contribution in [0.2, 0.25) is 0 Å². The summed E-state index contributed by atoms with van der Waals surface area (Å²) in [6, 6.07) is 0. The Morgan fingerprint density at radius 2 is 2.31 bits per heavy atom. The average Bonchev–Trinajstić information content (AvgIpc) is 2.34. The minimum Gasteiger partial charge on any atom is -0.464 e. The van der Waals surface area contributed by atoms with Crippen LogP contribution in [0.3, 0.4) is 0 Å². The van der Waals surface area contributed by atoms with Crippen molar-refractivity contribution in [3.8, 4) is 0 Å². The Bertz CT molecular complexity index is 233. The predicted octanol–water partition coefficient (Wildman–Crippen LogP) is -0.472. The molecule has 0 bridgehead atoms. The van der Waals surface area contributed by atoms with Crippen LogP contribution in [0, 0.1) is 0 Å². The lowest BCUT2D eigenvalue weighted by Crippen LogP contribution is -2.32. The molecule has 0 aromatic rings. The molecule has 0 N–H and O–H groups in total. The molecule has 0 saturated carbocycles. The SMILES string of the molecule is CC(=O)OCCN1C(=O)COC1=O. The Labute approximate surface area is 74.4 Å². The first-order valence-electron chi connectivity index (χ1n) is 3.71. The number of amides is 2. The van der Waals surface area contributed by atoms with Crippen LogP contribution in [0.15, 0.2) is 0 Å². The van der Waals surface area contributed by atoms with Gasteiger partial charge in [-0.1, -0.05) is 0 Å². The van der Waals surface area contributed by atoms with Gasteiger partial charge < -0.3 is 9.47 Å². The minimum absolute atomic E-state index is 0.0101. The van der Waals surface area contributed by atoms with E-state index in [2.05, 4.69) is 9.47 Å². The highest BCUT2D eigenvalue weighted by molar-refractivity contribution is 5.97. The molecule has 72 valence electrons. The molecule has 6 heteroatoms. The number of hydrogen-bond acceptors (Lipinski definition) is 5. The second-order valence-electron chi connectivity index (χ2n) is 2.44. The number of rotatable bonds is 3. The van der Waals surface area contributed by atoms with Crippen LogP contribution in [0.5, 0.6) is 0 Å². The van der Waals surface area contributed by atoms with E-state index >= 15 is 0 Å². The van der Waals surface area contributed by atoms with Gasteiger partial charge >= 0.3 is 12.1 Å². The van der Waals surface area contributed by atoms with Gasteiger partial charge in [0.1, 0.15) is 6.61 Å². The van der Waals surface area contributed by atoms with Gasteiger partial charge in [-0.25, -0.2) is 9.69 Å². The molecule has 6 nitrogen and oxygen atoms in total. The third kappa shape index (κ3) is 2.43. The molecule has 0 atom stereocenters. The quantitative estimate of drug-likeness (QED) is 0.558. The molecule has 0 aromatic carbocycles. The Kier molecular flexibility index (Phi) is 2.84. The second kappa shape index (κ2) is 3.88. The zero-order chi connectivity index (χ0) is 9.84. The first-order valence-corrected chi connectivity index (χ1v) is 3.71. The molecule has 0 aliphatic carbocycles. The van der Waals surface area contributed by atoms with Crippen LogP contribution in [-0.2, 0) is 19.1 Å². The van der Waals surface area contributed by atoms with Crippen LogP contribution in [0.1, 0.15) is 6.92 Å². The van der Waals surface area contributed by atoms with Crippen molar-refractivity contribution >= 4 is 18.0 Å². The van der Waals surface area contributed by atoms with Crippen molar-refractivity contribution in [2.45, 2.75) is 6.92 Å². The number of esters is 1. The number of cyclic esters (lactones) is 1. The Hall–Kier alpha value is -1.59. The van der Waals surface area contributed by atoms with Crippen LogP contribution >= 0.6 is 0 Å². The van der Waals surface area contributed by atoms with Crippen molar-refractivity contribution in [3.05, 3.63) is 0 Å². The van der Waals surface area contributed by atoms with Gasteiger partial charge in [-0.3, -0.25) is 9.59 Å². The van der Waals surface area contributed by atoms with E-state index in [1.807, 2.05) is 0 Å². The third-order valence-electron chi connectivity index (χ3n) is 1.46. The molecular weight excluding hydrogens is 178 g/mol. The standard InChI is InChI=1S/C7H9NO5/c1-5(9)12-3-2-8-6(10)4-13-7(8)11/h2-4H2,1H3. The molecule has 1 heterocycles. The molecule has 0 unspecified atom stereocenters. The smallest absolute Gasteiger partial charge is 0.417 e. The van der Waals surface area contributed by atoms with Crippen molar-refractivity contribution in [2.24, 2.45) is 0 Å². The van der Waals surface area contributed by atoms with Gasteiger partial charge in [-0.2, -0.15) is 0 Å². The predicted molar refractivity (Wildman–Crippen MR) is 39.7 cm³/mol. The first kappa shape index (κ1) is 9.50.